The Labute approximate surface area is 123 Å². The van der Waals surface area contributed by atoms with Crippen molar-refractivity contribution in [2.75, 3.05) is 24.5 Å². The van der Waals surface area contributed by atoms with Crippen LogP contribution in [0.4, 0.5) is 10.1 Å². The molecular formula is C12H17Cl2FN2O2. The van der Waals surface area contributed by atoms with Crippen LogP contribution in [0.3, 0.4) is 0 Å². The van der Waals surface area contributed by atoms with Gasteiger partial charge in [-0.3, -0.25) is 0 Å². The van der Waals surface area contributed by atoms with Crippen LogP contribution >= 0.6 is 24.8 Å². The summed E-state index contributed by atoms with van der Waals surface area (Å²) >= 11 is 0. The predicted octanol–water partition coefficient (Wildman–Crippen LogP) is 2.32. The van der Waals surface area contributed by atoms with Gasteiger partial charge >= 0.3 is 5.97 Å². The van der Waals surface area contributed by atoms with Crippen LogP contribution < -0.4 is 10.2 Å². The molecule has 4 nitrogen and oxygen atoms in total. The van der Waals surface area contributed by atoms with E-state index in [1.165, 1.54) is 19.1 Å². The molecule has 0 aromatic heterocycles. The first-order valence-electron chi connectivity index (χ1n) is 5.51. The summed E-state index contributed by atoms with van der Waals surface area (Å²) in [5, 5.41) is 11.9. The second kappa shape index (κ2) is 6.93. The van der Waals surface area contributed by atoms with Crippen molar-refractivity contribution in [2.45, 2.75) is 12.7 Å². The summed E-state index contributed by atoms with van der Waals surface area (Å²) in [5.41, 5.74) is 0.785. The van der Waals surface area contributed by atoms with E-state index in [0.29, 0.717) is 18.8 Å². The van der Waals surface area contributed by atoms with E-state index in [-0.39, 0.29) is 36.9 Å². The molecule has 7 heteroatoms. The van der Waals surface area contributed by atoms with Crippen molar-refractivity contribution in [3.05, 3.63) is 29.8 Å². The number of nitrogens with one attached hydrogen (secondary N) is 1. The third-order valence-electron chi connectivity index (χ3n) is 2.93. The Morgan fingerprint density at radius 2 is 2.16 bits per heavy atom. The van der Waals surface area contributed by atoms with Crippen molar-refractivity contribution in [3.63, 3.8) is 0 Å². The lowest BCUT2D eigenvalue weighted by atomic mass is 10.1. The number of alkyl halides is 1. The Balaban J connectivity index is 0.00000162. The topological polar surface area (TPSA) is 52.6 Å². The maximum Gasteiger partial charge on any atom is 0.335 e. The van der Waals surface area contributed by atoms with E-state index in [9.17, 15) is 9.18 Å². The average Bonchev–Trinajstić information content (AvgIpc) is 2.28. The lowest BCUT2D eigenvalue weighted by Gasteiger charge is -2.40. The van der Waals surface area contributed by atoms with Gasteiger partial charge in [0.1, 0.15) is 0 Å². The van der Waals surface area contributed by atoms with Gasteiger partial charge in [0.25, 0.3) is 0 Å². The molecule has 1 aromatic carbocycles. The SMILES string of the molecule is C[C@]1(F)CNCCN1c1cccc(C(=O)O)c1.Cl.Cl. The standard InChI is InChI=1S/C12H15FN2O2.2ClH/c1-12(13)8-14-5-6-15(12)10-4-2-3-9(7-10)11(16)17;;/h2-4,7,14H,5-6,8H2,1H3,(H,16,17);2*1H/t12-;;/m1../s1. The number of carboxylic acid groups (broad SMARTS) is 1. The number of anilines is 1. The molecule has 1 heterocycles. The van der Waals surface area contributed by atoms with Crippen molar-refractivity contribution < 1.29 is 14.3 Å². The molecule has 0 radical (unpaired) electrons. The highest BCUT2D eigenvalue weighted by atomic mass is 35.5. The number of halogens is 3. The van der Waals surface area contributed by atoms with Crippen molar-refractivity contribution in [3.8, 4) is 0 Å². The number of hydrogen-bond acceptors (Lipinski definition) is 3. The zero-order chi connectivity index (χ0) is 12.5. The number of rotatable bonds is 2. The summed E-state index contributed by atoms with van der Waals surface area (Å²) in [7, 11) is 0. The number of carbonyl (C=O) groups is 1. The average molecular weight is 311 g/mol. The molecule has 0 saturated carbocycles. The fourth-order valence-electron chi connectivity index (χ4n) is 2.04. The molecule has 1 aliphatic heterocycles. The van der Waals surface area contributed by atoms with Crippen LogP contribution in [0, 0.1) is 0 Å². The second-order valence-corrected chi connectivity index (χ2v) is 4.33. The van der Waals surface area contributed by atoms with E-state index >= 15 is 0 Å². The monoisotopic (exact) mass is 310 g/mol. The van der Waals surface area contributed by atoms with Gasteiger partial charge in [-0.25, -0.2) is 9.18 Å². The van der Waals surface area contributed by atoms with E-state index in [0.717, 1.165) is 0 Å². The minimum absolute atomic E-state index is 0. The fourth-order valence-corrected chi connectivity index (χ4v) is 2.04. The van der Waals surface area contributed by atoms with Gasteiger partial charge in [-0.1, -0.05) is 6.07 Å². The van der Waals surface area contributed by atoms with Gasteiger partial charge < -0.3 is 15.3 Å². The van der Waals surface area contributed by atoms with Gasteiger partial charge in [0.2, 0.25) is 0 Å². The number of aromatic carboxylic acids is 1. The molecule has 2 rings (SSSR count). The molecule has 1 saturated heterocycles. The van der Waals surface area contributed by atoms with Gasteiger partial charge in [0, 0.05) is 25.3 Å². The first kappa shape index (κ1) is 18.0. The maximum absolute atomic E-state index is 14.3. The van der Waals surface area contributed by atoms with Crippen molar-refractivity contribution in [1.29, 1.82) is 0 Å². The van der Waals surface area contributed by atoms with Gasteiger partial charge in [-0.2, -0.15) is 0 Å². The van der Waals surface area contributed by atoms with Crippen LogP contribution in [-0.4, -0.2) is 36.5 Å². The van der Waals surface area contributed by atoms with Crippen molar-refractivity contribution in [2.24, 2.45) is 0 Å². The molecule has 1 aromatic rings. The molecule has 1 fully saturated rings. The number of carboxylic acids is 1. The smallest absolute Gasteiger partial charge is 0.335 e. The van der Waals surface area contributed by atoms with Gasteiger partial charge in [-0.15, -0.1) is 24.8 Å². The molecule has 1 aliphatic rings. The summed E-state index contributed by atoms with van der Waals surface area (Å²) in [5.74, 6) is -2.49. The van der Waals surface area contributed by atoms with Crippen LogP contribution in [0.15, 0.2) is 24.3 Å². The summed E-state index contributed by atoms with van der Waals surface area (Å²) in [4.78, 5) is 12.5. The zero-order valence-electron chi connectivity index (χ0n) is 10.4. The maximum atomic E-state index is 14.3. The lowest BCUT2D eigenvalue weighted by Crippen LogP contribution is -2.57. The van der Waals surface area contributed by atoms with Gasteiger partial charge in [-0.05, 0) is 25.1 Å². The highest BCUT2D eigenvalue weighted by Crippen LogP contribution is 2.27. The van der Waals surface area contributed by atoms with Crippen LogP contribution in [0.2, 0.25) is 0 Å². The largest absolute Gasteiger partial charge is 0.478 e. The van der Waals surface area contributed by atoms with Crippen molar-refractivity contribution >= 4 is 36.5 Å². The van der Waals surface area contributed by atoms with Crippen LogP contribution in [-0.2, 0) is 0 Å². The molecule has 0 spiro atoms. The third kappa shape index (κ3) is 3.96. The molecule has 1 atom stereocenters. The molecule has 0 aliphatic carbocycles. The predicted molar refractivity (Wildman–Crippen MR) is 77.6 cm³/mol. The van der Waals surface area contributed by atoms with Crippen molar-refractivity contribution in [1.82, 2.24) is 5.32 Å². The van der Waals surface area contributed by atoms with E-state index in [2.05, 4.69) is 5.32 Å². The van der Waals surface area contributed by atoms with E-state index < -0.39 is 11.8 Å². The normalized spacial score (nSPS) is 22.1. The molecule has 0 unspecified atom stereocenters. The Hall–Kier alpha value is -1.04. The molecular weight excluding hydrogens is 294 g/mol. The Morgan fingerprint density at radius 1 is 1.47 bits per heavy atom. The minimum Gasteiger partial charge on any atom is -0.478 e. The van der Waals surface area contributed by atoms with E-state index in [1.54, 1.807) is 17.0 Å². The van der Waals surface area contributed by atoms with Crippen LogP contribution in [0.1, 0.15) is 17.3 Å². The van der Waals surface area contributed by atoms with Gasteiger partial charge in [0.05, 0.1) is 5.56 Å². The van der Waals surface area contributed by atoms with Crippen LogP contribution in [0.5, 0.6) is 0 Å². The number of hydrogen-bond donors (Lipinski definition) is 2. The number of piperazine rings is 1. The second-order valence-electron chi connectivity index (χ2n) is 4.33. The first-order valence-corrected chi connectivity index (χ1v) is 5.51. The van der Waals surface area contributed by atoms with E-state index in [1.807, 2.05) is 0 Å². The summed E-state index contributed by atoms with van der Waals surface area (Å²) in [6.07, 6.45) is 0. The summed E-state index contributed by atoms with van der Waals surface area (Å²) in [6, 6.07) is 6.38. The highest BCUT2D eigenvalue weighted by Gasteiger charge is 2.34. The number of nitrogens with zero attached hydrogens (tertiary/aromatic N) is 1. The quantitative estimate of drug-likeness (QED) is 0.823. The Morgan fingerprint density at radius 3 is 2.74 bits per heavy atom. The lowest BCUT2D eigenvalue weighted by molar-refractivity contribution is 0.0696. The summed E-state index contributed by atoms with van der Waals surface area (Å²) in [6.45, 7) is 2.95. The molecule has 19 heavy (non-hydrogen) atoms. The van der Waals surface area contributed by atoms with Gasteiger partial charge in [0.15, 0.2) is 5.79 Å². The highest BCUT2D eigenvalue weighted by molar-refractivity contribution is 5.88. The fraction of sp³-hybridized carbons (Fsp3) is 0.417. The molecule has 0 amide bonds. The Kier molecular flexibility index (Phi) is 6.55. The first-order chi connectivity index (χ1) is 8.00. The zero-order valence-corrected chi connectivity index (χ0v) is 12.1. The van der Waals surface area contributed by atoms with E-state index in [4.69, 9.17) is 5.11 Å². The number of benzene rings is 1. The van der Waals surface area contributed by atoms with Crippen LogP contribution in [0.25, 0.3) is 0 Å². The summed E-state index contributed by atoms with van der Waals surface area (Å²) < 4.78 is 14.3. The molecule has 108 valence electrons. The molecule has 0 bridgehead atoms. The third-order valence-corrected chi connectivity index (χ3v) is 2.93. The minimum atomic E-state index is -1.49. The molecule has 2 N–H and O–H groups in total. The Bertz CT molecular complexity index is 443.